The third-order valence-electron chi connectivity index (χ3n) is 2.36. The molecule has 0 saturated carbocycles. The number of aromatic nitrogens is 6. The number of nitrogens with two attached hydrogens (primary N) is 1. The SMILES string of the molecule is Cn1cncc1-c1nc(N)nc2nc[nH]c12. The Hall–Kier alpha value is -2.44. The number of hydrogen-bond donors (Lipinski definition) is 2. The lowest BCUT2D eigenvalue weighted by molar-refractivity contribution is 0.917. The van der Waals surface area contributed by atoms with Crippen LogP contribution in [0.2, 0.25) is 0 Å². The summed E-state index contributed by atoms with van der Waals surface area (Å²) >= 11 is 0. The number of rotatable bonds is 1. The minimum atomic E-state index is 0.204. The molecule has 0 fully saturated rings. The summed E-state index contributed by atoms with van der Waals surface area (Å²) in [7, 11) is 1.89. The number of nitrogen functional groups attached to an aromatic ring is 1. The van der Waals surface area contributed by atoms with Gasteiger partial charge in [0.2, 0.25) is 5.95 Å². The van der Waals surface area contributed by atoms with E-state index in [1.165, 1.54) is 0 Å². The maximum Gasteiger partial charge on any atom is 0.222 e. The first-order valence-electron chi connectivity index (χ1n) is 4.69. The van der Waals surface area contributed by atoms with Crippen LogP contribution in [0.1, 0.15) is 0 Å². The van der Waals surface area contributed by atoms with Crippen molar-refractivity contribution in [3.05, 3.63) is 18.9 Å². The van der Waals surface area contributed by atoms with E-state index in [2.05, 4.69) is 24.9 Å². The van der Waals surface area contributed by atoms with E-state index in [0.29, 0.717) is 11.3 Å². The second kappa shape index (κ2) is 3.02. The van der Waals surface area contributed by atoms with Gasteiger partial charge in [-0.2, -0.15) is 4.98 Å². The highest BCUT2D eigenvalue weighted by atomic mass is 15.1. The van der Waals surface area contributed by atoms with Crippen LogP contribution < -0.4 is 5.73 Å². The third-order valence-corrected chi connectivity index (χ3v) is 2.36. The highest BCUT2D eigenvalue weighted by molar-refractivity contribution is 5.86. The molecule has 0 saturated heterocycles. The molecule has 7 heteroatoms. The Morgan fingerprint density at radius 3 is 3.00 bits per heavy atom. The average molecular weight is 215 g/mol. The summed E-state index contributed by atoms with van der Waals surface area (Å²) in [6.45, 7) is 0. The molecular formula is C9H9N7. The van der Waals surface area contributed by atoms with Crippen LogP contribution in [0.5, 0.6) is 0 Å². The molecule has 0 radical (unpaired) electrons. The van der Waals surface area contributed by atoms with E-state index in [0.717, 1.165) is 11.2 Å². The molecule has 0 aliphatic rings. The van der Waals surface area contributed by atoms with Crippen molar-refractivity contribution < 1.29 is 0 Å². The van der Waals surface area contributed by atoms with Gasteiger partial charge >= 0.3 is 0 Å². The van der Waals surface area contributed by atoms with E-state index in [9.17, 15) is 0 Å². The van der Waals surface area contributed by atoms with Crippen LogP contribution >= 0.6 is 0 Å². The predicted octanol–water partition coefficient (Wildman–Crippen LogP) is 0.336. The molecule has 3 aromatic rings. The van der Waals surface area contributed by atoms with Crippen molar-refractivity contribution in [1.29, 1.82) is 0 Å². The van der Waals surface area contributed by atoms with E-state index in [1.54, 1.807) is 18.9 Å². The van der Waals surface area contributed by atoms with Gasteiger partial charge in [-0.05, 0) is 0 Å². The Morgan fingerprint density at radius 1 is 1.38 bits per heavy atom. The van der Waals surface area contributed by atoms with Gasteiger partial charge in [0.15, 0.2) is 5.65 Å². The molecular weight excluding hydrogens is 206 g/mol. The van der Waals surface area contributed by atoms with Crippen LogP contribution in [0.25, 0.3) is 22.6 Å². The first-order valence-corrected chi connectivity index (χ1v) is 4.69. The van der Waals surface area contributed by atoms with Gasteiger partial charge < -0.3 is 15.3 Å². The van der Waals surface area contributed by atoms with Crippen LogP contribution in [-0.4, -0.2) is 29.5 Å². The van der Waals surface area contributed by atoms with Gasteiger partial charge in [-0.15, -0.1) is 0 Å². The van der Waals surface area contributed by atoms with Crippen molar-refractivity contribution in [3.63, 3.8) is 0 Å². The maximum absolute atomic E-state index is 5.63. The summed E-state index contributed by atoms with van der Waals surface area (Å²) in [5.41, 5.74) is 8.53. The predicted molar refractivity (Wildman–Crippen MR) is 58.3 cm³/mol. The van der Waals surface area contributed by atoms with Crippen LogP contribution in [0.4, 0.5) is 5.95 Å². The van der Waals surface area contributed by atoms with Gasteiger partial charge in [-0.3, -0.25) is 0 Å². The van der Waals surface area contributed by atoms with Crippen molar-refractivity contribution in [2.24, 2.45) is 7.05 Å². The largest absolute Gasteiger partial charge is 0.368 e. The molecule has 3 heterocycles. The summed E-state index contributed by atoms with van der Waals surface area (Å²) < 4.78 is 1.86. The quantitative estimate of drug-likeness (QED) is 0.609. The maximum atomic E-state index is 5.63. The fourth-order valence-corrected chi connectivity index (χ4v) is 1.62. The van der Waals surface area contributed by atoms with Crippen LogP contribution in [0.15, 0.2) is 18.9 Å². The van der Waals surface area contributed by atoms with Crippen molar-refractivity contribution in [2.75, 3.05) is 5.73 Å². The first-order chi connectivity index (χ1) is 7.75. The number of nitrogens with one attached hydrogen (secondary N) is 1. The first kappa shape index (κ1) is 8.84. The third kappa shape index (κ3) is 1.14. The zero-order chi connectivity index (χ0) is 11.1. The van der Waals surface area contributed by atoms with Gasteiger partial charge in [-0.25, -0.2) is 15.0 Å². The van der Waals surface area contributed by atoms with Crippen molar-refractivity contribution >= 4 is 17.1 Å². The van der Waals surface area contributed by atoms with Crippen LogP contribution in [0, 0.1) is 0 Å². The summed E-state index contributed by atoms with van der Waals surface area (Å²) in [5.74, 6) is 0.204. The zero-order valence-corrected chi connectivity index (χ0v) is 8.55. The van der Waals surface area contributed by atoms with E-state index in [4.69, 9.17) is 5.73 Å². The molecule has 0 unspecified atom stereocenters. The molecule has 0 aliphatic heterocycles. The van der Waals surface area contributed by atoms with E-state index in [-0.39, 0.29) is 5.95 Å². The van der Waals surface area contributed by atoms with Crippen molar-refractivity contribution in [3.8, 4) is 11.4 Å². The molecule has 3 rings (SSSR count). The molecule has 0 aromatic carbocycles. The number of aryl methyl sites for hydroxylation is 1. The highest BCUT2D eigenvalue weighted by Gasteiger charge is 2.12. The fraction of sp³-hybridized carbons (Fsp3) is 0.111. The van der Waals surface area contributed by atoms with E-state index < -0.39 is 0 Å². The molecule has 0 bridgehead atoms. The summed E-state index contributed by atoms with van der Waals surface area (Å²) in [6.07, 6.45) is 5.00. The van der Waals surface area contributed by atoms with Crippen molar-refractivity contribution in [2.45, 2.75) is 0 Å². The number of anilines is 1. The van der Waals surface area contributed by atoms with Crippen molar-refractivity contribution in [1.82, 2.24) is 29.5 Å². The fourth-order valence-electron chi connectivity index (χ4n) is 1.62. The Balaban J connectivity index is 2.38. The lowest BCUT2D eigenvalue weighted by Crippen LogP contribution is -2.00. The molecule has 0 spiro atoms. The lowest BCUT2D eigenvalue weighted by atomic mass is 10.3. The Kier molecular flexibility index (Phi) is 1.67. The normalized spacial score (nSPS) is 11.1. The molecule has 80 valence electrons. The second-order valence-electron chi connectivity index (χ2n) is 3.42. The van der Waals surface area contributed by atoms with Gasteiger partial charge in [0.05, 0.1) is 24.5 Å². The standard InChI is InChI=1S/C9H9N7/c1-16-4-11-2-5(16)6-7-8(13-3-12-7)15-9(10)14-6/h2-4H,1H3,(H3,10,12,13,14,15). The van der Waals surface area contributed by atoms with Crippen LogP contribution in [-0.2, 0) is 7.05 Å². The summed E-state index contributed by atoms with van der Waals surface area (Å²) in [4.78, 5) is 19.3. The second-order valence-corrected chi connectivity index (χ2v) is 3.42. The number of fused-ring (bicyclic) bond motifs is 1. The topological polar surface area (TPSA) is 98.3 Å². The monoisotopic (exact) mass is 215 g/mol. The number of imidazole rings is 2. The summed E-state index contributed by atoms with van der Waals surface area (Å²) in [5, 5.41) is 0. The molecule has 7 nitrogen and oxygen atoms in total. The highest BCUT2D eigenvalue weighted by Crippen LogP contribution is 2.23. The van der Waals surface area contributed by atoms with Crippen LogP contribution in [0.3, 0.4) is 0 Å². The molecule has 0 amide bonds. The minimum absolute atomic E-state index is 0.204. The number of hydrogen-bond acceptors (Lipinski definition) is 5. The number of nitrogens with zero attached hydrogens (tertiary/aromatic N) is 5. The van der Waals surface area contributed by atoms with Gasteiger partial charge in [-0.1, -0.05) is 0 Å². The smallest absolute Gasteiger partial charge is 0.222 e. The molecule has 0 aliphatic carbocycles. The zero-order valence-electron chi connectivity index (χ0n) is 8.55. The lowest BCUT2D eigenvalue weighted by Gasteiger charge is -2.03. The Labute approximate surface area is 90.4 Å². The molecule has 16 heavy (non-hydrogen) atoms. The van der Waals surface area contributed by atoms with E-state index >= 15 is 0 Å². The summed E-state index contributed by atoms with van der Waals surface area (Å²) in [6, 6.07) is 0. The van der Waals surface area contributed by atoms with Gasteiger partial charge in [0.1, 0.15) is 11.2 Å². The molecule has 3 aromatic heterocycles. The number of H-pyrrole nitrogens is 1. The molecule has 0 atom stereocenters. The Morgan fingerprint density at radius 2 is 2.25 bits per heavy atom. The number of aromatic amines is 1. The van der Waals surface area contributed by atoms with Gasteiger partial charge in [0, 0.05) is 7.05 Å². The Bertz CT molecular complexity index is 651. The minimum Gasteiger partial charge on any atom is -0.368 e. The van der Waals surface area contributed by atoms with Gasteiger partial charge in [0.25, 0.3) is 0 Å². The van der Waals surface area contributed by atoms with E-state index in [1.807, 2.05) is 11.6 Å². The molecule has 3 N–H and O–H groups in total. The average Bonchev–Trinajstić information content (AvgIpc) is 2.84.